The molecule has 1 saturated carbocycles. The summed E-state index contributed by atoms with van der Waals surface area (Å²) < 4.78 is 35.3. The summed E-state index contributed by atoms with van der Waals surface area (Å²) >= 11 is 0. The van der Waals surface area contributed by atoms with Crippen LogP contribution in [0.3, 0.4) is 0 Å². The number of ether oxygens (including phenoxy) is 2. The molecule has 1 aliphatic carbocycles. The van der Waals surface area contributed by atoms with Crippen molar-refractivity contribution in [3.8, 4) is 0 Å². The normalized spacial score (nSPS) is 26.8. The van der Waals surface area contributed by atoms with E-state index in [1.165, 1.54) is 0 Å². The van der Waals surface area contributed by atoms with E-state index in [-0.39, 0.29) is 12.6 Å². The molecular formula is C11H19F2NO3. The molecule has 2 rings (SSSR count). The van der Waals surface area contributed by atoms with Crippen LogP contribution in [0.5, 0.6) is 0 Å². The van der Waals surface area contributed by atoms with Crippen molar-refractivity contribution in [2.24, 2.45) is 0 Å². The number of hydrogen-bond donors (Lipinski definition) is 2. The summed E-state index contributed by atoms with van der Waals surface area (Å²) in [6, 6.07) is 0.168. The van der Waals surface area contributed by atoms with Gasteiger partial charge < -0.3 is 19.9 Å². The first-order valence-corrected chi connectivity index (χ1v) is 6.09. The Labute approximate surface area is 99.3 Å². The van der Waals surface area contributed by atoms with Gasteiger partial charge in [-0.2, -0.15) is 0 Å². The second kappa shape index (κ2) is 5.56. The molecule has 0 bridgehead atoms. The summed E-state index contributed by atoms with van der Waals surface area (Å²) in [7, 11) is 0. The number of nitrogens with one attached hydrogen (secondary N) is 1. The zero-order valence-electron chi connectivity index (χ0n) is 9.70. The van der Waals surface area contributed by atoms with Gasteiger partial charge in [-0.1, -0.05) is 0 Å². The molecule has 2 fully saturated rings. The van der Waals surface area contributed by atoms with Crippen molar-refractivity contribution in [1.29, 1.82) is 0 Å². The van der Waals surface area contributed by atoms with Crippen LogP contribution < -0.4 is 5.32 Å². The molecule has 2 aliphatic rings. The Kier molecular flexibility index (Phi) is 4.30. The molecule has 1 aliphatic heterocycles. The van der Waals surface area contributed by atoms with Gasteiger partial charge in [-0.15, -0.1) is 0 Å². The standard InChI is InChI=1S/C11H19F2NO3/c12-10(13)9(15)7-14-8-1-3-11(4-2-8)16-5-6-17-11/h8-10,14-15H,1-7H2. The Morgan fingerprint density at radius 1 is 1.24 bits per heavy atom. The van der Waals surface area contributed by atoms with Gasteiger partial charge in [0, 0.05) is 25.4 Å². The van der Waals surface area contributed by atoms with Crippen molar-refractivity contribution in [3.63, 3.8) is 0 Å². The van der Waals surface area contributed by atoms with E-state index in [1.54, 1.807) is 0 Å². The third-order valence-electron chi connectivity index (χ3n) is 3.47. The molecule has 4 nitrogen and oxygen atoms in total. The van der Waals surface area contributed by atoms with Crippen LogP contribution in [0.1, 0.15) is 25.7 Å². The molecule has 17 heavy (non-hydrogen) atoms. The lowest BCUT2D eigenvalue weighted by Gasteiger charge is -2.35. The first-order chi connectivity index (χ1) is 8.11. The summed E-state index contributed by atoms with van der Waals surface area (Å²) in [4.78, 5) is 0. The molecular weight excluding hydrogens is 232 g/mol. The van der Waals surface area contributed by atoms with E-state index in [0.717, 1.165) is 25.7 Å². The lowest BCUT2D eigenvalue weighted by Crippen LogP contribution is -2.45. The smallest absolute Gasteiger partial charge is 0.265 e. The first-order valence-electron chi connectivity index (χ1n) is 6.09. The second-order valence-electron chi connectivity index (χ2n) is 4.69. The van der Waals surface area contributed by atoms with Crippen molar-refractivity contribution in [3.05, 3.63) is 0 Å². The summed E-state index contributed by atoms with van der Waals surface area (Å²) in [6.07, 6.45) is -1.03. The number of alkyl halides is 2. The maximum atomic E-state index is 12.1. The zero-order chi connectivity index (χ0) is 12.3. The van der Waals surface area contributed by atoms with Gasteiger partial charge in [0.05, 0.1) is 13.2 Å². The van der Waals surface area contributed by atoms with E-state index in [4.69, 9.17) is 14.6 Å². The lowest BCUT2D eigenvalue weighted by molar-refractivity contribution is -0.179. The van der Waals surface area contributed by atoms with E-state index in [9.17, 15) is 8.78 Å². The molecule has 0 amide bonds. The van der Waals surface area contributed by atoms with Gasteiger partial charge in [0.25, 0.3) is 6.43 Å². The van der Waals surface area contributed by atoms with Crippen LogP contribution in [-0.4, -0.2) is 49.2 Å². The molecule has 0 radical (unpaired) electrons. The topological polar surface area (TPSA) is 50.7 Å². The van der Waals surface area contributed by atoms with Crippen LogP contribution in [0.2, 0.25) is 0 Å². The minimum atomic E-state index is -2.68. The predicted octanol–water partition coefficient (Wildman–Crippen LogP) is 0.888. The Morgan fingerprint density at radius 3 is 2.35 bits per heavy atom. The Bertz CT molecular complexity index is 234. The van der Waals surface area contributed by atoms with Crippen LogP contribution in [-0.2, 0) is 9.47 Å². The van der Waals surface area contributed by atoms with Crippen molar-refractivity contribution in [1.82, 2.24) is 5.32 Å². The minimum absolute atomic E-state index is 0.0585. The van der Waals surface area contributed by atoms with Gasteiger partial charge >= 0.3 is 0 Å². The predicted molar refractivity (Wildman–Crippen MR) is 56.9 cm³/mol. The average molecular weight is 251 g/mol. The second-order valence-corrected chi connectivity index (χ2v) is 4.69. The highest BCUT2D eigenvalue weighted by Gasteiger charge is 2.40. The van der Waals surface area contributed by atoms with Gasteiger partial charge in [-0.05, 0) is 12.8 Å². The fourth-order valence-electron chi connectivity index (χ4n) is 2.42. The summed E-state index contributed by atoms with van der Waals surface area (Å²) in [5, 5.41) is 12.0. The summed E-state index contributed by atoms with van der Waals surface area (Å²) in [5.74, 6) is -0.417. The van der Waals surface area contributed by atoms with Gasteiger partial charge in [-0.25, -0.2) is 8.78 Å². The Morgan fingerprint density at radius 2 is 1.82 bits per heavy atom. The maximum Gasteiger partial charge on any atom is 0.265 e. The zero-order valence-corrected chi connectivity index (χ0v) is 9.70. The van der Waals surface area contributed by atoms with Crippen LogP contribution in [0.15, 0.2) is 0 Å². The Balaban J connectivity index is 1.68. The maximum absolute atomic E-state index is 12.1. The first kappa shape index (κ1) is 13.1. The third-order valence-corrected chi connectivity index (χ3v) is 3.47. The molecule has 1 unspecified atom stereocenters. The number of aliphatic hydroxyl groups is 1. The molecule has 1 atom stereocenters. The highest BCUT2D eigenvalue weighted by atomic mass is 19.3. The van der Waals surface area contributed by atoms with Crippen LogP contribution in [0, 0.1) is 0 Å². The SMILES string of the molecule is OC(CNC1CCC2(CC1)OCCO2)C(F)F. The van der Waals surface area contributed by atoms with Crippen molar-refractivity contribution < 1.29 is 23.4 Å². The van der Waals surface area contributed by atoms with Crippen LogP contribution in [0.4, 0.5) is 8.78 Å². The molecule has 1 spiro atoms. The van der Waals surface area contributed by atoms with Crippen molar-refractivity contribution >= 4 is 0 Å². The van der Waals surface area contributed by atoms with Gasteiger partial charge in [0.1, 0.15) is 6.10 Å². The fourth-order valence-corrected chi connectivity index (χ4v) is 2.42. The van der Waals surface area contributed by atoms with E-state index in [1.807, 2.05) is 0 Å². The van der Waals surface area contributed by atoms with Gasteiger partial charge in [-0.3, -0.25) is 0 Å². The van der Waals surface area contributed by atoms with E-state index < -0.39 is 18.3 Å². The lowest BCUT2D eigenvalue weighted by atomic mass is 9.90. The third kappa shape index (κ3) is 3.34. The monoisotopic (exact) mass is 251 g/mol. The van der Waals surface area contributed by atoms with Gasteiger partial charge in [0.15, 0.2) is 5.79 Å². The number of hydrogen-bond acceptors (Lipinski definition) is 4. The highest BCUT2D eigenvalue weighted by Crippen LogP contribution is 2.35. The average Bonchev–Trinajstić information content (AvgIpc) is 2.76. The summed E-state index contributed by atoms with van der Waals surface area (Å²) in [5.41, 5.74) is 0. The summed E-state index contributed by atoms with van der Waals surface area (Å²) in [6.45, 7) is 1.22. The number of halogens is 2. The van der Waals surface area contributed by atoms with E-state index in [0.29, 0.717) is 13.2 Å². The molecule has 2 N–H and O–H groups in total. The van der Waals surface area contributed by atoms with Crippen molar-refractivity contribution in [2.45, 2.75) is 50.0 Å². The molecule has 6 heteroatoms. The quantitative estimate of drug-likeness (QED) is 0.779. The fraction of sp³-hybridized carbons (Fsp3) is 1.00. The Hall–Kier alpha value is -0.300. The van der Waals surface area contributed by atoms with E-state index >= 15 is 0 Å². The van der Waals surface area contributed by atoms with E-state index in [2.05, 4.69) is 5.32 Å². The number of rotatable bonds is 4. The molecule has 0 aromatic heterocycles. The van der Waals surface area contributed by atoms with Crippen LogP contribution >= 0.6 is 0 Å². The molecule has 1 saturated heterocycles. The molecule has 0 aromatic rings. The molecule has 100 valence electrons. The van der Waals surface area contributed by atoms with Gasteiger partial charge in [0.2, 0.25) is 0 Å². The minimum Gasteiger partial charge on any atom is -0.386 e. The molecule has 1 heterocycles. The van der Waals surface area contributed by atoms with Crippen molar-refractivity contribution in [2.75, 3.05) is 19.8 Å². The van der Waals surface area contributed by atoms with Crippen LogP contribution in [0.25, 0.3) is 0 Å². The molecule has 0 aromatic carbocycles. The highest BCUT2D eigenvalue weighted by molar-refractivity contribution is 4.85. The number of aliphatic hydroxyl groups excluding tert-OH is 1. The largest absolute Gasteiger partial charge is 0.386 e.